The highest BCUT2D eigenvalue weighted by molar-refractivity contribution is 5.96. The summed E-state index contributed by atoms with van der Waals surface area (Å²) in [5.74, 6) is -0.507. The Kier molecular flexibility index (Phi) is 5.92. The Morgan fingerprint density at radius 2 is 2.00 bits per heavy atom. The molecule has 0 aliphatic heterocycles. The van der Waals surface area contributed by atoms with Crippen LogP contribution in [0, 0.1) is 0 Å². The summed E-state index contributed by atoms with van der Waals surface area (Å²) in [4.78, 5) is 40.3. The van der Waals surface area contributed by atoms with E-state index >= 15 is 0 Å². The summed E-state index contributed by atoms with van der Waals surface area (Å²) in [5.41, 5.74) is 0.0432. The zero-order valence-corrected chi connectivity index (χ0v) is 11.9. The van der Waals surface area contributed by atoms with Gasteiger partial charge in [-0.2, -0.15) is 0 Å². The van der Waals surface area contributed by atoms with Gasteiger partial charge in [0.15, 0.2) is 0 Å². The van der Waals surface area contributed by atoms with Crippen molar-refractivity contribution in [2.24, 2.45) is 0 Å². The molecule has 0 aliphatic rings. The molecule has 1 aromatic rings. The maximum atomic E-state index is 12.3. The first-order valence-corrected chi connectivity index (χ1v) is 6.12. The molecule has 110 valence electrons. The second kappa shape index (κ2) is 7.44. The molecular weight excluding hydrogens is 262 g/mol. The van der Waals surface area contributed by atoms with E-state index in [9.17, 15) is 14.4 Å². The molecule has 0 radical (unpaired) electrons. The van der Waals surface area contributed by atoms with Crippen LogP contribution in [-0.4, -0.2) is 67.5 Å². The molecule has 0 spiro atoms. The number of carbonyl (C=O) groups excluding carboxylic acids is 2. The van der Waals surface area contributed by atoms with Crippen molar-refractivity contribution in [1.29, 1.82) is 0 Å². The molecule has 20 heavy (non-hydrogen) atoms. The van der Waals surface area contributed by atoms with Gasteiger partial charge in [0.2, 0.25) is 11.5 Å². The molecule has 1 heterocycles. The Balaban J connectivity index is 2.85. The van der Waals surface area contributed by atoms with Crippen LogP contribution in [0.3, 0.4) is 0 Å². The summed E-state index contributed by atoms with van der Waals surface area (Å²) in [5, 5.41) is 0. The van der Waals surface area contributed by atoms with Crippen molar-refractivity contribution >= 4 is 11.8 Å². The molecule has 0 unspecified atom stereocenters. The van der Waals surface area contributed by atoms with Crippen molar-refractivity contribution in [2.75, 3.05) is 40.9 Å². The van der Waals surface area contributed by atoms with Gasteiger partial charge in [0.25, 0.3) is 5.91 Å². The number of nitrogens with one attached hydrogen (secondary N) is 1. The van der Waals surface area contributed by atoms with E-state index < -0.39 is 0 Å². The maximum absolute atomic E-state index is 12.3. The summed E-state index contributed by atoms with van der Waals surface area (Å²) in [7, 11) is 4.78. The highest BCUT2D eigenvalue weighted by Crippen LogP contribution is 2.02. The third-order valence-corrected chi connectivity index (χ3v) is 2.71. The molecule has 0 aromatic carbocycles. The van der Waals surface area contributed by atoms with Crippen LogP contribution in [0.2, 0.25) is 0 Å². The van der Waals surface area contributed by atoms with E-state index in [1.54, 1.807) is 14.1 Å². The molecule has 1 N–H and O–H groups in total. The molecule has 0 saturated heterocycles. The predicted molar refractivity (Wildman–Crippen MR) is 73.5 cm³/mol. The molecule has 0 bridgehead atoms. The number of hydrogen-bond donors (Lipinski definition) is 1. The van der Waals surface area contributed by atoms with Crippen LogP contribution in [0.5, 0.6) is 0 Å². The number of likely N-dealkylation sites (N-methyl/N-ethyl adjacent to an activating group) is 1. The number of ether oxygens (including phenoxy) is 1. The topological polar surface area (TPSA) is 82.7 Å². The van der Waals surface area contributed by atoms with Crippen LogP contribution < -0.4 is 5.56 Å². The van der Waals surface area contributed by atoms with Crippen molar-refractivity contribution < 1.29 is 14.3 Å². The summed E-state index contributed by atoms with van der Waals surface area (Å²) in [6.45, 7) is 0.595. The second-order valence-corrected chi connectivity index (χ2v) is 4.45. The SMILES string of the molecule is COCCN(CC(=O)N(C)C)C(=O)c1ccc(=O)[nH]c1. The van der Waals surface area contributed by atoms with Crippen LogP contribution in [0.15, 0.2) is 23.1 Å². The molecule has 0 fully saturated rings. The standard InChI is InChI=1S/C13H19N3O4/c1-15(2)12(18)9-16(6-7-20-3)13(19)10-4-5-11(17)14-8-10/h4-5,8H,6-7,9H2,1-3H3,(H,14,17). The van der Waals surface area contributed by atoms with Gasteiger partial charge in [0.05, 0.1) is 12.2 Å². The fourth-order valence-corrected chi connectivity index (χ4v) is 1.48. The van der Waals surface area contributed by atoms with E-state index in [1.807, 2.05) is 0 Å². The Morgan fingerprint density at radius 3 is 2.50 bits per heavy atom. The smallest absolute Gasteiger partial charge is 0.255 e. The average Bonchev–Trinajstić information content (AvgIpc) is 2.43. The number of pyridine rings is 1. The van der Waals surface area contributed by atoms with Crippen LogP contribution in [-0.2, 0) is 9.53 Å². The normalized spacial score (nSPS) is 10.2. The maximum Gasteiger partial charge on any atom is 0.255 e. The molecule has 0 saturated carbocycles. The molecule has 7 nitrogen and oxygen atoms in total. The number of amides is 2. The van der Waals surface area contributed by atoms with Gasteiger partial charge in [-0.05, 0) is 6.07 Å². The number of carbonyl (C=O) groups is 2. The predicted octanol–water partition coefficient (Wildman–Crippen LogP) is -0.448. The minimum Gasteiger partial charge on any atom is -0.383 e. The van der Waals surface area contributed by atoms with Crippen molar-refractivity contribution in [3.05, 3.63) is 34.2 Å². The van der Waals surface area contributed by atoms with Gasteiger partial charge in [-0.15, -0.1) is 0 Å². The summed E-state index contributed by atoms with van der Waals surface area (Å²) < 4.78 is 4.94. The van der Waals surface area contributed by atoms with E-state index in [1.165, 1.54) is 35.2 Å². The molecule has 0 atom stereocenters. The van der Waals surface area contributed by atoms with Gasteiger partial charge in [-0.1, -0.05) is 0 Å². The van der Waals surface area contributed by atoms with Crippen LogP contribution in [0.1, 0.15) is 10.4 Å². The molecule has 7 heteroatoms. The Morgan fingerprint density at radius 1 is 1.30 bits per heavy atom. The number of H-pyrrole nitrogens is 1. The number of nitrogens with zero attached hydrogens (tertiary/aromatic N) is 2. The highest BCUT2D eigenvalue weighted by atomic mass is 16.5. The molecule has 1 aromatic heterocycles. The first kappa shape index (κ1) is 15.9. The van der Waals surface area contributed by atoms with Crippen LogP contribution in [0.4, 0.5) is 0 Å². The van der Waals surface area contributed by atoms with Crippen molar-refractivity contribution in [3.8, 4) is 0 Å². The second-order valence-electron chi connectivity index (χ2n) is 4.45. The molecule has 0 aliphatic carbocycles. The lowest BCUT2D eigenvalue weighted by molar-refractivity contribution is -0.129. The largest absolute Gasteiger partial charge is 0.383 e. The minimum absolute atomic E-state index is 0.0334. The summed E-state index contributed by atoms with van der Waals surface area (Å²) in [6.07, 6.45) is 1.34. The average molecular weight is 281 g/mol. The van der Waals surface area contributed by atoms with Gasteiger partial charge in [-0.25, -0.2) is 0 Å². The van der Waals surface area contributed by atoms with Crippen LogP contribution >= 0.6 is 0 Å². The van der Waals surface area contributed by atoms with E-state index in [2.05, 4.69) is 4.98 Å². The first-order chi connectivity index (χ1) is 9.45. The Labute approximate surface area is 117 Å². The number of rotatable bonds is 6. The number of hydrogen-bond acceptors (Lipinski definition) is 4. The van der Waals surface area contributed by atoms with Crippen molar-refractivity contribution in [2.45, 2.75) is 0 Å². The number of aromatic nitrogens is 1. The van der Waals surface area contributed by atoms with Crippen LogP contribution in [0.25, 0.3) is 0 Å². The Hall–Kier alpha value is -2.15. The van der Waals surface area contributed by atoms with Gasteiger partial charge < -0.3 is 19.5 Å². The van der Waals surface area contributed by atoms with Gasteiger partial charge >= 0.3 is 0 Å². The van der Waals surface area contributed by atoms with Gasteiger partial charge in [0.1, 0.15) is 6.54 Å². The van der Waals surface area contributed by atoms with E-state index in [-0.39, 0.29) is 23.9 Å². The molecule has 1 rings (SSSR count). The van der Waals surface area contributed by atoms with Crippen molar-refractivity contribution in [1.82, 2.24) is 14.8 Å². The minimum atomic E-state index is -0.325. The zero-order valence-electron chi connectivity index (χ0n) is 11.9. The number of aromatic amines is 1. The van der Waals surface area contributed by atoms with E-state index in [0.29, 0.717) is 18.7 Å². The Bertz CT molecular complexity index is 504. The quantitative estimate of drug-likeness (QED) is 0.765. The van der Waals surface area contributed by atoms with E-state index in [4.69, 9.17) is 4.74 Å². The fourth-order valence-electron chi connectivity index (χ4n) is 1.48. The van der Waals surface area contributed by atoms with E-state index in [0.717, 1.165) is 0 Å². The lowest BCUT2D eigenvalue weighted by atomic mass is 10.2. The fraction of sp³-hybridized carbons (Fsp3) is 0.462. The lowest BCUT2D eigenvalue weighted by Crippen LogP contribution is -2.42. The third-order valence-electron chi connectivity index (χ3n) is 2.71. The highest BCUT2D eigenvalue weighted by Gasteiger charge is 2.19. The number of methoxy groups -OCH3 is 1. The third kappa shape index (κ3) is 4.51. The summed E-state index contributed by atoms with van der Waals surface area (Å²) >= 11 is 0. The zero-order chi connectivity index (χ0) is 15.1. The van der Waals surface area contributed by atoms with Gasteiger partial charge in [0, 0.05) is 40.0 Å². The lowest BCUT2D eigenvalue weighted by Gasteiger charge is -2.23. The van der Waals surface area contributed by atoms with Crippen molar-refractivity contribution in [3.63, 3.8) is 0 Å². The monoisotopic (exact) mass is 281 g/mol. The molecular formula is C13H19N3O4. The molecule has 2 amide bonds. The van der Waals surface area contributed by atoms with Gasteiger partial charge in [-0.3, -0.25) is 14.4 Å². The summed E-state index contributed by atoms with van der Waals surface area (Å²) in [6, 6.07) is 2.70. The first-order valence-electron chi connectivity index (χ1n) is 6.12.